The van der Waals surface area contributed by atoms with E-state index in [1.165, 1.54) is 57.8 Å². The summed E-state index contributed by atoms with van der Waals surface area (Å²) in [5, 5.41) is 0. The second-order valence-corrected chi connectivity index (χ2v) is 16.4. The SMILES string of the molecule is CC/C=C\C/C=C\C/C=C\C/C=C\CCCCCCC(=O)O[C@H](COC(=O)CCCCCCCCCCCCCC)COP(=O)([O-])OCC[N+](C)(C)C. The number of esters is 2. The smallest absolute Gasteiger partial charge is 0.306 e. The molecule has 10 heteroatoms. The van der Waals surface area contributed by atoms with Crippen LogP contribution in [0, 0.1) is 0 Å². The fourth-order valence-electron chi connectivity index (χ4n) is 5.35. The van der Waals surface area contributed by atoms with Gasteiger partial charge in [-0.2, -0.15) is 0 Å². The molecule has 0 bridgehead atoms. The van der Waals surface area contributed by atoms with Gasteiger partial charge in [0.25, 0.3) is 7.82 Å². The van der Waals surface area contributed by atoms with E-state index in [4.69, 9.17) is 18.5 Å². The van der Waals surface area contributed by atoms with Crippen molar-refractivity contribution < 1.29 is 42.1 Å². The summed E-state index contributed by atoms with van der Waals surface area (Å²) in [5.74, 6) is -0.864. The van der Waals surface area contributed by atoms with Gasteiger partial charge in [-0.05, 0) is 51.4 Å². The quantitative estimate of drug-likeness (QED) is 0.0202. The number of carbonyl (C=O) groups excluding carboxylic acids is 2. The first-order valence-corrected chi connectivity index (χ1v) is 22.3. The average Bonchev–Trinajstić information content (AvgIpc) is 3.10. The molecule has 2 atom stereocenters. The summed E-state index contributed by atoms with van der Waals surface area (Å²) in [4.78, 5) is 37.4. The lowest BCUT2D eigenvalue weighted by Crippen LogP contribution is -2.37. The molecular weight excluding hydrogens is 689 g/mol. The van der Waals surface area contributed by atoms with E-state index in [0.717, 1.165) is 70.6 Å². The largest absolute Gasteiger partial charge is 0.756 e. The lowest BCUT2D eigenvalue weighted by Gasteiger charge is -2.28. The molecule has 9 nitrogen and oxygen atoms in total. The van der Waals surface area contributed by atoms with Crippen LogP contribution in [0.2, 0.25) is 0 Å². The van der Waals surface area contributed by atoms with Crippen molar-refractivity contribution in [3.05, 3.63) is 48.6 Å². The Morgan fingerprint density at radius 3 is 1.60 bits per heavy atom. The summed E-state index contributed by atoms with van der Waals surface area (Å²) in [6, 6.07) is 0. The summed E-state index contributed by atoms with van der Waals surface area (Å²) in [6.45, 7) is 4.07. The first kappa shape index (κ1) is 51.0. The molecule has 0 aromatic heterocycles. The number of phosphoric ester groups is 1. The minimum absolute atomic E-state index is 0.0367. The first-order chi connectivity index (χ1) is 25.5. The normalized spacial score (nSPS) is 14.2. The van der Waals surface area contributed by atoms with Crippen LogP contribution in [0.15, 0.2) is 48.6 Å². The molecule has 0 aromatic rings. The maximum absolute atomic E-state index is 12.6. The van der Waals surface area contributed by atoms with E-state index in [1.807, 2.05) is 21.1 Å². The predicted octanol–water partition coefficient (Wildman–Crippen LogP) is 10.9. The molecule has 1 unspecified atom stereocenters. The Morgan fingerprint density at radius 2 is 1.08 bits per heavy atom. The van der Waals surface area contributed by atoms with Crippen molar-refractivity contribution in [3.8, 4) is 0 Å². The van der Waals surface area contributed by atoms with Crippen LogP contribution in [0.3, 0.4) is 0 Å². The zero-order chi connectivity index (χ0) is 39.3. The van der Waals surface area contributed by atoms with Gasteiger partial charge in [-0.15, -0.1) is 0 Å². The topological polar surface area (TPSA) is 111 Å². The van der Waals surface area contributed by atoms with Crippen LogP contribution >= 0.6 is 7.82 Å². The van der Waals surface area contributed by atoms with Gasteiger partial charge in [0, 0.05) is 12.8 Å². The van der Waals surface area contributed by atoms with E-state index >= 15 is 0 Å². The highest BCUT2D eigenvalue weighted by Gasteiger charge is 2.21. The van der Waals surface area contributed by atoms with E-state index in [1.54, 1.807) is 0 Å². The zero-order valence-electron chi connectivity index (χ0n) is 34.4. The number of phosphoric acid groups is 1. The zero-order valence-corrected chi connectivity index (χ0v) is 35.3. The fourth-order valence-corrected chi connectivity index (χ4v) is 6.08. The standard InChI is InChI=1S/C43H78NO8P/c1-6-8-10-12-14-16-18-20-21-22-23-24-26-28-30-32-34-36-43(46)52-41(40-51-53(47,48)50-38-37-44(3,4)5)39-49-42(45)35-33-31-29-27-25-19-17-15-13-11-9-7-2/h8,10,14,16,20-21,23-24,41H,6-7,9,11-13,15,17-19,22,25-40H2,1-5H3/b10-8-,16-14-,21-20-,24-23-/t41-/m1/s1. The summed E-state index contributed by atoms with van der Waals surface area (Å²) in [7, 11) is 1.14. The van der Waals surface area contributed by atoms with Crippen LogP contribution < -0.4 is 4.89 Å². The van der Waals surface area contributed by atoms with Gasteiger partial charge < -0.3 is 27.9 Å². The molecule has 0 fully saturated rings. The van der Waals surface area contributed by atoms with Gasteiger partial charge in [0.05, 0.1) is 27.7 Å². The molecule has 0 amide bonds. The van der Waals surface area contributed by atoms with Crippen molar-refractivity contribution >= 4 is 19.8 Å². The van der Waals surface area contributed by atoms with Gasteiger partial charge in [0.2, 0.25) is 0 Å². The molecule has 308 valence electrons. The monoisotopic (exact) mass is 768 g/mol. The molecule has 0 radical (unpaired) electrons. The molecule has 0 aliphatic rings. The maximum atomic E-state index is 12.6. The lowest BCUT2D eigenvalue weighted by molar-refractivity contribution is -0.870. The number of hydrogen-bond acceptors (Lipinski definition) is 8. The van der Waals surface area contributed by atoms with Crippen LogP contribution in [0.5, 0.6) is 0 Å². The maximum Gasteiger partial charge on any atom is 0.306 e. The summed E-state index contributed by atoms with van der Waals surface area (Å²) < 4.78 is 33.8. The number of nitrogens with zero attached hydrogens (tertiary/aromatic N) is 1. The third-order valence-corrected chi connectivity index (χ3v) is 9.58. The van der Waals surface area contributed by atoms with E-state index in [0.29, 0.717) is 17.4 Å². The summed E-state index contributed by atoms with van der Waals surface area (Å²) in [5.41, 5.74) is 0. The minimum atomic E-state index is -4.63. The van der Waals surface area contributed by atoms with Crippen molar-refractivity contribution in [2.45, 2.75) is 168 Å². The van der Waals surface area contributed by atoms with Gasteiger partial charge in [-0.1, -0.05) is 146 Å². The van der Waals surface area contributed by atoms with E-state index in [9.17, 15) is 19.0 Å². The number of carbonyl (C=O) groups is 2. The van der Waals surface area contributed by atoms with Crippen LogP contribution in [0.4, 0.5) is 0 Å². The fraction of sp³-hybridized carbons (Fsp3) is 0.767. The van der Waals surface area contributed by atoms with Crippen LogP contribution in [0.1, 0.15) is 162 Å². The Kier molecular flexibility index (Phi) is 34.3. The average molecular weight is 768 g/mol. The molecule has 0 saturated heterocycles. The van der Waals surface area contributed by atoms with Gasteiger partial charge in [0.15, 0.2) is 6.10 Å². The molecule has 0 spiro atoms. The van der Waals surface area contributed by atoms with E-state index in [2.05, 4.69) is 62.5 Å². The first-order valence-electron chi connectivity index (χ1n) is 20.8. The molecule has 0 N–H and O–H groups in total. The summed E-state index contributed by atoms with van der Waals surface area (Å²) >= 11 is 0. The van der Waals surface area contributed by atoms with Gasteiger partial charge in [-0.25, -0.2) is 0 Å². The highest BCUT2D eigenvalue weighted by molar-refractivity contribution is 7.45. The second kappa shape index (κ2) is 35.7. The molecule has 0 saturated carbocycles. The molecule has 0 aliphatic carbocycles. The predicted molar refractivity (Wildman–Crippen MR) is 217 cm³/mol. The number of unbranched alkanes of at least 4 members (excludes halogenated alkanes) is 15. The molecule has 53 heavy (non-hydrogen) atoms. The van der Waals surface area contributed by atoms with Crippen LogP contribution in [-0.2, 0) is 32.7 Å². The Balaban J connectivity index is 4.44. The highest BCUT2D eigenvalue weighted by Crippen LogP contribution is 2.38. The molecule has 0 rings (SSSR count). The van der Waals surface area contributed by atoms with E-state index < -0.39 is 32.5 Å². The Hall–Kier alpha value is -2.03. The van der Waals surface area contributed by atoms with Gasteiger partial charge in [0.1, 0.15) is 19.8 Å². The van der Waals surface area contributed by atoms with Gasteiger partial charge in [-0.3, -0.25) is 14.2 Å². The van der Waals surface area contributed by atoms with Crippen molar-refractivity contribution in [1.82, 2.24) is 0 Å². The number of rotatable bonds is 37. The number of quaternary nitrogens is 1. The third kappa shape index (κ3) is 39.5. The van der Waals surface area contributed by atoms with Crippen molar-refractivity contribution in [2.75, 3.05) is 47.5 Å². The highest BCUT2D eigenvalue weighted by atomic mass is 31.2. The number of likely N-dealkylation sites (N-methyl/N-ethyl adjacent to an activating group) is 1. The Labute approximate surface area is 324 Å². The second-order valence-electron chi connectivity index (χ2n) is 15.0. The number of hydrogen-bond donors (Lipinski definition) is 0. The van der Waals surface area contributed by atoms with Crippen molar-refractivity contribution in [3.63, 3.8) is 0 Å². The molecule has 0 aliphatic heterocycles. The summed E-state index contributed by atoms with van der Waals surface area (Å²) in [6.07, 6.45) is 39.9. The third-order valence-electron chi connectivity index (χ3n) is 8.61. The number of allylic oxidation sites excluding steroid dienone is 8. The molecule has 0 heterocycles. The Bertz CT molecular complexity index is 1050. The molecule has 0 aromatic carbocycles. The van der Waals surface area contributed by atoms with Crippen LogP contribution in [0.25, 0.3) is 0 Å². The lowest BCUT2D eigenvalue weighted by atomic mass is 10.0. The number of ether oxygens (including phenoxy) is 2. The van der Waals surface area contributed by atoms with Crippen molar-refractivity contribution in [2.24, 2.45) is 0 Å². The van der Waals surface area contributed by atoms with E-state index in [-0.39, 0.29) is 26.1 Å². The Morgan fingerprint density at radius 1 is 0.604 bits per heavy atom. The van der Waals surface area contributed by atoms with Crippen molar-refractivity contribution in [1.29, 1.82) is 0 Å². The van der Waals surface area contributed by atoms with Gasteiger partial charge >= 0.3 is 11.9 Å². The molecular formula is C43H78NO8P. The van der Waals surface area contributed by atoms with Crippen LogP contribution in [-0.4, -0.2) is 70.0 Å². The minimum Gasteiger partial charge on any atom is -0.756 e.